The standard InChI is InChI=1S/C18H29N3OS.2C2HF3O2/c1-10-22-11-2-16(1)13-21-9-5-18(15-21)3-7-20(8-4-18)14-17-19-6-12-23-17;2*3-2(4,5)1(6)7/h6,12,16H,1-5,7-11,13-15H2;2*(H,6,7). The summed E-state index contributed by atoms with van der Waals surface area (Å²) >= 11 is 1.79. The van der Waals surface area contributed by atoms with E-state index >= 15 is 0 Å². The Bertz CT molecular complexity index is 815. The van der Waals surface area contributed by atoms with E-state index in [4.69, 9.17) is 24.5 Å². The van der Waals surface area contributed by atoms with Gasteiger partial charge in [-0.15, -0.1) is 11.3 Å². The van der Waals surface area contributed by atoms with Crippen LogP contribution >= 0.6 is 11.3 Å². The topological polar surface area (TPSA) is 103 Å². The number of carbonyl (C=O) groups is 2. The minimum absolute atomic E-state index is 0.616. The third-order valence-electron chi connectivity index (χ3n) is 6.62. The SMILES string of the molecule is O=C(O)C(F)(F)F.O=C(O)C(F)(F)F.c1csc(CN2CCC3(CC2)CCN(CC2CCOCC2)C3)n1. The van der Waals surface area contributed by atoms with E-state index in [0.717, 1.165) is 25.7 Å². The van der Waals surface area contributed by atoms with Gasteiger partial charge >= 0.3 is 24.3 Å². The largest absolute Gasteiger partial charge is 0.490 e. The summed E-state index contributed by atoms with van der Waals surface area (Å²) in [7, 11) is 0. The summed E-state index contributed by atoms with van der Waals surface area (Å²) in [6.07, 6.45) is -1.53. The van der Waals surface area contributed by atoms with E-state index in [9.17, 15) is 26.3 Å². The first-order valence-electron chi connectivity index (χ1n) is 11.7. The first-order chi connectivity index (χ1) is 17.2. The zero-order valence-corrected chi connectivity index (χ0v) is 20.9. The molecule has 0 atom stereocenters. The van der Waals surface area contributed by atoms with Gasteiger partial charge in [0, 0.05) is 37.9 Å². The van der Waals surface area contributed by atoms with Crippen molar-refractivity contribution in [1.29, 1.82) is 0 Å². The van der Waals surface area contributed by atoms with E-state index in [-0.39, 0.29) is 0 Å². The molecular weight excluding hydrogens is 532 g/mol. The lowest BCUT2D eigenvalue weighted by atomic mass is 9.78. The average molecular weight is 564 g/mol. The Morgan fingerprint density at radius 1 is 0.973 bits per heavy atom. The minimum Gasteiger partial charge on any atom is -0.475 e. The molecule has 4 rings (SSSR count). The third kappa shape index (κ3) is 11.1. The molecule has 3 saturated heterocycles. The van der Waals surface area contributed by atoms with Crippen molar-refractivity contribution >= 4 is 23.3 Å². The number of ether oxygens (including phenoxy) is 1. The predicted octanol–water partition coefficient (Wildman–Crippen LogP) is 4.12. The molecule has 0 aliphatic carbocycles. The molecule has 0 unspecified atom stereocenters. The van der Waals surface area contributed by atoms with E-state index in [2.05, 4.69) is 20.2 Å². The van der Waals surface area contributed by atoms with Crippen LogP contribution in [-0.2, 0) is 20.9 Å². The quantitative estimate of drug-likeness (QED) is 0.528. The van der Waals surface area contributed by atoms with Crippen molar-refractivity contribution in [1.82, 2.24) is 14.8 Å². The molecule has 37 heavy (non-hydrogen) atoms. The maximum atomic E-state index is 10.6. The molecular formula is C22H31F6N3O5S. The number of alkyl halides is 6. The summed E-state index contributed by atoms with van der Waals surface area (Å²) in [4.78, 5) is 27.6. The smallest absolute Gasteiger partial charge is 0.475 e. The van der Waals surface area contributed by atoms with Gasteiger partial charge in [0.25, 0.3) is 0 Å². The molecule has 8 nitrogen and oxygen atoms in total. The van der Waals surface area contributed by atoms with Crippen molar-refractivity contribution < 1.29 is 50.9 Å². The summed E-state index contributed by atoms with van der Waals surface area (Å²) in [5.41, 5.74) is 0.616. The number of thiazole rings is 1. The van der Waals surface area contributed by atoms with Gasteiger partial charge in [-0.25, -0.2) is 14.6 Å². The first-order valence-corrected chi connectivity index (χ1v) is 12.6. The fourth-order valence-corrected chi connectivity index (χ4v) is 5.25. The lowest BCUT2D eigenvalue weighted by Gasteiger charge is -2.39. The normalized spacial score (nSPS) is 21.0. The van der Waals surface area contributed by atoms with Crippen LogP contribution < -0.4 is 0 Å². The second-order valence-electron chi connectivity index (χ2n) is 9.35. The molecule has 1 aromatic rings. The number of piperidine rings is 1. The third-order valence-corrected chi connectivity index (χ3v) is 7.38. The average Bonchev–Trinajstić information content (AvgIpc) is 3.46. The highest BCUT2D eigenvalue weighted by Crippen LogP contribution is 2.41. The van der Waals surface area contributed by atoms with Crippen LogP contribution in [0, 0.1) is 11.3 Å². The molecule has 1 aromatic heterocycles. The Labute approximate surface area is 214 Å². The van der Waals surface area contributed by atoms with Crippen LogP contribution in [0.3, 0.4) is 0 Å². The summed E-state index contributed by atoms with van der Waals surface area (Å²) in [5, 5.41) is 17.6. The molecule has 0 amide bonds. The number of hydrogen-bond donors (Lipinski definition) is 2. The molecule has 0 bridgehead atoms. The van der Waals surface area contributed by atoms with E-state index in [1.807, 2.05) is 6.20 Å². The Morgan fingerprint density at radius 3 is 1.89 bits per heavy atom. The van der Waals surface area contributed by atoms with Crippen LogP contribution in [0.1, 0.15) is 37.1 Å². The van der Waals surface area contributed by atoms with Crippen molar-refractivity contribution in [2.45, 2.75) is 51.0 Å². The van der Waals surface area contributed by atoms with Gasteiger partial charge in [0.05, 0.1) is 6.54 Å². The Balaban J connectivity index is 0.000000286. The number of aliphatic carboxylic acids is 2. The fraction of sp³-hybridized carbons (Fsp3) is 0.773. The molecule has 0 saturated carbocycles. The van der Waals surface area contributed by atoms with Gasteiger partial charge in [-0.1, -0.05) is 0 Å². The van der Waals surface area contributed by atoms with Gasteiger partial charge in [0.15, 0.2) is 0 Å². The van der Waals surface area contributed by atoms with Crippen LogP contribution in [0.15, 0.2) is 11.6 Å². The highest BCUT2D eigenvalue weighted by molar-refractivity contribution is 7.09. The van der Waals surface area contributed by atoms with Crippen LogP contribution in [0.5, 0.6) is 0 Å². The summed E-state index contributed by atoms with van der Waals surface area (Å²) in [6.45, 7) is 9.51. The van der Waals surface area contributed by atoms with Crippen LogP contribution in [-0.4, -0.2) is 95.2 Å². The molecule has 0 aromatic carbocycles. The highest BCUT2D eigenvalue weighted by Gasteiger charge is 2.41. The number of hydrogen-bond acceptors (Lipinski definition) is 7. The van der Waals surface area contributed by atoms with Gasteiger partial charge in [0.2, 0.25) is 0 Å². The number of nitrogens with zero attached hydrogens (tertiary/aromatic N) is 3. The second-order valence-corrected chi connectivity index (χ2v) is 10.3. The van der Waals surface area contributed by atoms with Gasteiger partial charge < -0.3 is 19.8 Å². The van der Waals surface area contributed by atoms with Crippen LogP contribution in [0.2, 0.25) is 0 Å². The molecule has 212 valence electrons. The number of aromatic nitrogens is 1. The van der Waals surface area contributed by atoms with Crippen molar-refractivity contribution in [2.75, 3.05) is 45.9 Å². The van der Waals surface area contributed by atoms with Crippen molar-refractivity contribution in [3.8, 4) is 0 Å². The van der Waals surface area contributed by atoms with E-state index in [0.29, 0.717) is 5.41 Å². The number of carboxylic acid groups (broad SMARTS) is 2. The second kappa shape index (κ2) is 13.7. The summed E-state index contributed by atoms with van der Waals surface area (Å²) < 4.78 is 69.0. The molecule has 3 fully saturated rings. The first kappa shape index (κ1) is 31.2. The Hall–Kier alpha value is -1.97. The maximum Gasteiger partial charge on any atom is 0.490 e. The molecule has 3 aliphatic heterocycles. The lowest BCUT2D eigenvalue weighted by molar-refractivity contribution is -0.193. The fourth-order valence-electron chi connectivity index (χ4n) is 4.59. The van der Waals surface area contributed by atoms with Crippen molar-refractivity contribution in [3.63, 3.8) is 0 Å². The maximum absolute atomic E-state index is 10.6. The van der Waals surface area contributed by atoms with Gasteiger partial charge in [-0.3, -0.25) is 4.90 Å². The van der Waals surface area contributed by atoms with E-state index < -0.39 is 24.3 Å². The molecule has 15 heteroatoms. The molecule has 0 radical (unpaired) electrons. The van der Waals surface area contributed by atoms with Crippen molar-refractivity contribution in [2.24, 2.45) is 11.3 Å². The Morgan fingerprint density at radius 2 is 1.46 bits per heavy atom. The van der Waals surface area contributed by atoms with E-state index in [1.54, 1.807) is 11.3 Å². The molecule has 1 spiro atoms. The lowest BCUT2D eigenvalue weighted by Crippen LogP contribution is -2.41. The summed E-state index contributed by atoms with van der Waals surface area (Å²) in [6, 6.07) is 0. The van der Waals surface area contributed by atoms with Gasteiger partial charge in [-0.2, -0.15) is 26.3 Å². The highest BCUT2D eigenvalue weighted by atomic mass is 32.1. The molecule has 4 heterocycles. The number of carboxylic acids is 2. The molecule has 3 aliphatic rings. The monoisotopic (exact) mass is 563 g/mol. The van der Waals surface area contributed by atoms with Gasteiger partial charge in [0.1, 0.15) is 5.01 Å². The number of halogens is 6. The summed E-state index contributed by atoms with van der Waals surface area (Å²) in [5.74, 6) is -4.64. The van der Waals surface area contributed by atoms with Crippen LogP contribution in [0.25, 0.3) is 0 Å². The minimum atomic E-state index is -5.08. The van der Waals surface area contributed by atoms with E-state index in [1.165, 1.54) is 69.8 Å². The number of rotatable bonds is 4. The zero-order chi connectivity index (χ0) is 27.7. The van der Waals surface area contributed by atoms with Gasteiger partial charge in [-0.05, 0) is 63.1 Å². The molecule has 2 N–H and O–H groups in total. The predicted molar refractivity (Wildman–Crippen MR) is 121 cm³/mol. The van der Waals surface area contributed by atoms with Crippen LogP contribution in [0.4, 0.5) is 26.3 Å². The Kier molecular flexibility index (Phi) is 11.6. The zero-order valence-electron chi connectivity index (χ0n) is 20.1. The number of likely N-dealkylation sites (tertiary alicyclic amines) is 2. The van der Waals surface area contributed by atoms with Crippen molar-refractivity contribution in [3.05, 3.63) is 16.6 Å².